The number of hydrogen-bond donors (Lipinski definition) is 1. The van der Waals surface area contributed by atoms with Gasteiger partial charge < -0.3 is 10.1 Å². The summed E-state index contributed by atoms with van der Waals surface area (Å²) in [6.07, 6.45) is 2.17. The van der Waals surface area contributed by atoms with Crippen LogP contribution >= 0.6 is 0 Å². The Kier molecular flexibility index (Phi) is 1.22. The molecule has 3 aliphatic rings. The SMILES string of the molecule is CC1OC(=O)[C@@]23C[C@@]12CNc1c(C#N)cnn13. The molecule has 1 unspecified atom stereocenters. The largest absolute Gasteiger partial charge is 0.460 e. The van der Waals surface area contributed by atoms with Gasteiger partial charge in [-0.1, -0.05) is 0 Å². The van der Waals surface area contributed by atoms with Gasteiger partial charge in [-0.05, 0) is 13.3 Å². The Morgan fingerprint density at radius 3 is 3.35 bits per heavy atom. The van der Waals surface area contributed by atoms with Crippen molar-refractivity contribution in [3.05, 3.63) is 11.8 Å². The van der Waals surface area contributed by atoms with Crippen LogP contribution in [-0.4, -0.2) is 28.4 Å². The number of anilines is 1. The highest BCUT2D eigenvalue weighted by Crippen LogP contribution is 2.71. The molecule has 2 fully saturated rings. The summed E-state index contributed by atoms with van der Waals surface area (Å²) in [6.45, 7) is 2.59. The molecular weight excluding hydrogens is 220 g/mol. The molecular formula is C11H10N4O2. The first-order chi connectivity index (χ1) is 8.15. The molecule has 1 aromatic rings. The van der Waals surface area contributed by atoms with E-state index in [9.17, 15) is 4.79 Å². The van der Waals surface area contributed by atoms with Crippen molar-refractivity contribution < 1.29 is 9.53 Å². The van der Waals surface area contributed by atoms with Crippen molar-refractivity contribution in [3.63, 3.8) is 0 Å². The molecule has 2 aliphatic heterocycles. The van der Waals surface area contributed by atoms with Crippen molar-refractivity contribution in [2.24, 2.45) is 5.41 Å². The summed E-state index contributed by atoms with van der Waals surface area (Å²) < 4.78 is 6.98. The fourth-order valence-corrected chi connectivity index (χ4v) is 3.39. The van der Waals surface area contributed by atoms with Gasteiger partial charge in [0.25, 0.3) is 0 Å². The van der Waals surface area contributed by atoms with Gasteiger partial charge in [-0.25, -0.2) is 9.48 Å². The summed E-state index contributed by atoms with van der Waals surface area (Å²) in [7, 11) is 0. The van der Waals surface area contributed by atoms with Crippen LogP contribution in [0, 0.1) is 16.7 Å². The minimum atomic E-state index is -0.651. The Labute approximate surface area is 97.2 Å². The molecule has 3 atom stereocenters. The zero-order chi connectivity index (χ0) is 11.8. The lowest BCUT2D eigenvalue weighted by Crippen LogP contribution is -2.39. The van der Waals surface area contributed by atoms with Crippen LogP contribution in [-0.2, 0) is 15.1 Å². The molecule has 0 radical (unpaired) electrons. The first-order valence-corrected chi connectivity index (χ1v) is 5.59. The minimum Gasteiger partial charge on any atom is -0.460 e. The van der Waals surface area contributed by atoms with Gasteiger partial charge >= 0.3 is 5.97 Å². The van der Waals surface area contributed by atoms with E-state index in [-0.39, 0.29) is 17.5 Å². The van der Waals surface area contributed by atoms with E-state index in [1.807, 2.05) is 6.92 Å². The first-order valence-electron chi connectivity index (χ1n) is 5.59. The average Bonchev–Trinajstić information content (AvgIpc) is 2.79. The molecule has 86 valence electrons. The second-order valence-electron chi connectivity index (χ2n) is 5.02. The third-order valence-corrected chi connectivity index (χ3v) is 4.49. The van der Waals surface area contributed by atoms with Crippen molar-refractivity contribution in [1.29, 1.82) is 5.26 Å². The van der Waals surface area contributed by atoms with Crippen LogP contribution in [0.3, 0.4) is 0 Å². The molecule has 1 N–H and O–H groups in total. The van der Waals surface area contributed by atoms with Crippen LogP contribution in [0.1, 0.15) is 18.9 Å². The number of ether oxygens (including phenoxy) is 1. The summed E-state index contributed by atoms with van der Waals surface area (Å²) in [5, 5.41) is 16.4. The second kappa shape index (κ2) is 2.30. The fourth-order valence-electron chi connectivity index (χ4n) is 3.39. The van der Waals surface area contributed by atoms with Gasteiger partial charge in [0, 0.05) is 6.54 Å². The third-order valence-electron chi connectivity index (χ3n) is 4.49. The predicted octanol–water partition coefficient (Wildman–Crippen LogP) is 0.211. The van der Waals surface area contributed by atoms with E-state index < -0.39 is 5.54 Å². The van der Waals surface area contributed by atoms with E-state index in [2.05, 4.69) is 16.5 Å². The highest BCUT2D eigenvalue weighted by atomic mass is 16.6. The lowest BCUT2D eigenvalue weighted by Gasteiger charge is -2.26. The van der Waals surface area contributed by atoms with E-state index >= 15 is 0 Å². The second-order valence-corrected chi connectivity index (χ2v) is 5.02. The molecule has 0 spiro atoms. The van der Waals surface area contributed by atoms with Crippen LogP contribution in [0.4, 0.5) is 5.82 Å². The van der Waals surface area contributed by atoms with E-state index in [1.165, 1.54) is 6.20 Å². The minimum absolute atomic E-state index is 0.0922. The van der Waals surface area contributed by atoms with E-state index in [0.29, 0.717) is 17.9 Å². The van der Waals surface area contributed by atoms with Gasteiger partial charge in [0.15, 0.2) is 5.54 Å². The van der Waals surface area contributed by atoms with Crippen molar-refractivity contribution >= 4 is 11.8 Å². The topological polar surface area (TPSA) is 79.9 Å². The summed E-state index contributed by atoms with van der Waals surface area (Å²) in [5.41, 5.74) is -0.343. The van der Waals surface area contributed by atoms with E-state index in [0.717, 1.165) is 6.42 Å². The van der Waals surface area contributed by atoms with Crippen molar-refractivity contribution in [2.45, 2.75) is 25.0 Å². The maximum Gasteiger partial charge on any atom is 0.335 e. The normalized spacial score (nSPS) is 40.5. The monoisotopic (exact) mass is 230 g/mol. The van der Waals surface area contributed by atoms with E-state index in [4.69, 9.17) is 10.00 Å². The number of nitriles is 1. The number of carbonyl (C=O) groups excluding carboxylic acids is 1. The summed E-state index contributed by atoms with van der Waals surface area (Å²) in [4.78, 5) is 12.0. The molecule has 1 aliphatic carbocycles. The molecule has 6 nitrogen and oxygen atoms in total. The van der Waals surface area contributed by atoms with Crippen molar-refractivity contribution in [3.8, 4) is 6.07 Å². The molecule has 1 aromatic heterocycles. The molecule has 17 heavy (non-hydrogen) atoms. The number of hydrogen-bond acceptors (Lipinski definition) is 5. The maximum atomic E-state index is 12.0. The number of aromatic nitrogens is 2. The van der Waals surface area contributed by atoms with Crippen LogP contribution in [0.15, 0.2) is 6.20 Å². The Morgan fingerprint density at radius 1 is 1.76 bits per heavy atom. The lowest BCUT2D eigenvalue weighted by atomic mass is 9.94. The molecule has 1 saturated heterocycles. The smallest absolute Gasteiger partial charge is 0.335 e. The number of cyclic esters (lactones) is 1. The van der Waals surface area contributed by atoms with Crippen LogP contribution < -0.4 is 5.32 Å². The average molecular weight is 230 g/mol. The fraction of sp³-hybridized carbons (Fsp3) is 0.545. The molecule has 0 bridgehead atoms. The van der Waals surface area contributed by atoms with Gasteiger partial charge in [0.2, 0.25) is 0 Å². The van der Waals surface area contributed by atoms with Gasteiger partial charge in [-0.2, -0.15) is 10.4 Å². The van der Waals surface area contributed by atoms with Crippen LogP contribution in [0.25, 0.3) is 0 Å². The molecule has 6 heteroatoms. The number of rotatable bonds is 0. The van der Waals surface area contributed by atoms with Crippen molar-refractivity contribution in [1.82, 2.24) is 9.78 Å². The van der Waals surface area contributed by atoms with Gasteiger partial charge in [0.1, 0.15) is 23.6 Å². The zero-order valence-corrected chi connectivity index (χ0v) is 9.23. The number of carbonyl (C=O) groups is 1. The van der Waals surface area contributed by atoms with Gasteiger partial charge in [0.05, 0.1) is 11.6 Å². The van der Waals surface area contributed by atoms with Gasteiger partial charge in [-0.3, -0.25) is 0 Å². The lowest BCUT2D eigenvalue weighted by molar-refractivity contribution is -0.147. The summed E-state index contributed by atoms with van der Waals surface area (Å²) in [5.74, 6) is 0.437. The first kappa shape index (κ1) is 9.05. The highest BCUT2D eigenvalue weighted by molar-refractivity contribution is 5.89. The Hall–Kier alpha value is -2.03. The highest BCUT2D eigenvalue weighted by Gasteiger charge is 2.84. The zero-order valence-electron chi connectivity index (χ0n) is 9.23. The summed E-state index contributed by atoms with van der Waals surface area (Å²) in [6, 6.07) is 2.08. The molecule has 1 saturated carbocycles. The van der Waals surface area contributed by atoms with Crippen LogP contribution in [0.5, 0.6) is 0 Å². The molecule has 4 rings (SSSR count). The number of fused-ring (bicyclic) bond motifs is 1. The molecule has 0 aromatic carbocycles. The maximum absolute atomic E-state index is 12.0. The predicted molar refractivity (Wildman–Crippen MR) is 56.0 cm³/mol. The Balaban J connectivity index is 1.97. The standard InChI is InChI=1S/C11H10N4O2/c1-6-10-4-11(10,9(16)17-6)15-8(13-5-10)7(2-12)3-14-15/h3,6,13H,4-5H2,1H3/t6?,10-,11+/m1/s1. The molecule has 3 heterocycles. The number of nitrogens with one attached hydrogen (secondary N) is 1. The number of nitrogens with zero attached hydrogens (tertiary/aromatic N) is 3. The van der Waals surface area contributed by atoms with Crippen LogP contribution in [0.2, 0.25) is 0 Å². The summed E-state index contributed by atoms with van der Waals surface area (Å²) >= 11 is 0. The number of esters is 1. The Morgan fingerprint density at radius 2 is 2.59 bits per heavy atom. The Bertz CT molecular complexity index is 601. The van der Waals surface area contributed by atoms with Gasteiger partial charge in [-0.15, -0.1) is 0 Å². The third kappa shape index (κ3) is 0.687. The van der Waals surface area contributed by atoms with Crippen molar-refractivity contribution in [2.75, 3.05) is 11.9 Å². The quantitative estimate of drug-likeness (QED) is 0.644. The molecule has 0 amide bonds. The van der Waals surface area contributed by atoms with E-state index in [1.54, 1.807) is 4.68 Å².